The van der Waals surface area contributed by atoms with Crippen LogP contribution in [0.15, 0.2) is 53.1 Å². The Labute approximate surface area is 147 Å². The normalized spacial score (nSPS) is 11.1. The van der Waals surface area contributed by atoms with E-state index in [0.29, 0.717) is 22.3 Å². The molecule has 25 heavy (non-hydrogen) atoms. The van der Waals surface area contributed by atoms with E-state index in [1.807, 2.05) is 41.0 Å². The van der Waals surface area contributed by atoms with E-state index in [1.165, 1.54) is 0 Å². The second kappa shape index (κ2) is 5.75. The largest absolute Gasteiger partial charge is 0.366 e. The monoisotopic (exact) mass is 352 g/mol. The van der Waals surface area contributed by atoms with E-state index in [-0.39, 0.29) is 0 Å². The number of rotatable bonds is 3. The number of carbonyl (C=O) groups is 1. The maximum Gasteiger partial charge on any atom is 0.248 e. The number of primary amides is 1. The van der Waals surface area contributed by atoms with E-state index in [0.717, 1.165) is 22.3 Å². The number of fused-ring (bicyclic) bond motifs is 1. The lowest BCUT2D eigenvalue weighted by atomic mass is 10.2. The summed E-state index contributed by atoms with van der Waals surface area (Å²) in [6, 6.07) is 14.6. The Kier molecular flexibility index (Phi) is 3.54. The molecule has 2 heterocycles. The SMILES string of the molecule is Cc1nc(-c2cc3cc(Cl)ccc3n2-c2ccc(C(N)=O)cc2)no1. The van der Waals surface area contributed by atoms with Crippen molar-refractivity contribution in [2.45, 2.75) is 6.92 Å². The molecule has 0 aliphatic carbocycles. The third-order valence-corrected chi connectivity index (χ3v) is 4.17. The predicted octanol–water partition coefficient (Wildman–Crippen LogP) is 3.74. The fourth-order valence-electron chi connectivity index (χ4n) is 2.81. The second-order valence-electron chi connectivity index (χ2n) is 5.62. The van der Waals surface area contributed by atoms with E-state index in [9.17, 15) is 4.79 Å². The van der Waals surface area contributed by atoms with Crippen LogP contribution < -0.4 is 5.73 Å². The van der Waals surface area contributed by atoms with Crippen molar-refractivity contribution in [2.75, 3.05) is 0 Å². The number of carbonyl (C=O) groups excluding carboxylic acids is 1. The van der Waals surface area contributed by atoms with Crippen molar-refractivity contribution < 1.29 is 9.32 Å². The molecule has 2 N–H and O–H groups in total. The first-order valence-corrected chi connectivity index (χ1v) is 7.92. The van der Waals surface area contributed by atoms with Crippen LogP contribution in [0.3, 0.4) is 0 Å². The summed E-state index contributed by atoms with van der Waals surface area (Å²) in [5, 5.41) is 5.61. The highest BCUT2D eigenvalue weighted by atomic mass is 35.5. The molecule has 0 saturated heterocycles. The maximum absolute atomic E-state index is 11.3. The minimum atomic E-state index is -0.468. The predicted molar refractivity (Wildman–Crippen MR) is 94.8 cm³/mol. The van der Waals surface area contributed by atoms with Crippen LogP contribution in [0.1, 0.15) is 16.2 Å². The summed E-state index contributed by atoms with van der Waals surface area (Å²) < 4.78 is 7.11. The smallest absolute Gasteiger partial charge is 0.248 e. The summed E-state index contributed by atoms with van der Waals surface area (Å²) in [4.78, 5) is 15.6. The van der Waals surface area contributed by atoms with Gasteiger partial charge in [0.15, 0.2) is 0 Å². The highest BCUT2D eigenvalue weighted by molar-refractivity contribution is 6.31. The zero-order chi connectivity index (χ0) is 17.6. The van der Waals surface area contributed by atoms with Gasteiger partial charge in [-0.1, -0.05) is 16.8 Å². The third-order valence-electron chi connectivity index (χ3n) is 3.93. The number of aryl methyl sites for hydroxylation is 1. The van der Waals surface area contributed by atoms with Gasteiger partial charge in [0.05, 0.1) is 11.2 Å². The van der Waals surface area contributed by atoms with Crippen molar-refractivity contribution in [1.29, 1.82) is 0 Å². The standard InChI is InChI=1S/C18H13ClN4O2/c1-10-21-18(22-25-10)16-9-12-8-13(19)4-7-15(12)23(16)14-5-2-11(3-6-14)17(20)24/h2-9H,1H3,(H2,20,24). The topological polar surface area (TPSA) is 86.9 Å². The van der Waals surface area contributed by atoms with E-state index in [2.05, 4.69) is 10.1 Å². The lowest BCUT2D eigenvalue weighted by Crippen LogP contribution is -2.10. The number of benzene rings is 2. The van der Waals surface area contributed by atoms with E-state index in [1.54, 1.807) is 19.1 Å². The molecule has 124 valence electrons. The number of hydrogen-bond donors (Lipinski definition) is 1. The lowest BCUT2D eigenvalue weighted by Gasteiger charge is -2.09. The second-order valence-corrected chi connectivity index (χ2v) is 6.05. The van der Waals surface area contributed by atoms with Crippen LogP contribution in [0.25, 0.3) is 28.1 Å². The third kappa shape index (κ3) is 2.66. The molecule has 4 aromatic rings. The molecule has 0 aliphatic rings. The fourth-order valence-corrected chi connectivity index (χ4v) is 2.99. The average Bonchev–Trinajstić information content (AvgIpc) is 3.17. The number of hydrogen-bond acceptors (Lipinski definition) is 4. The van der Waals surface area contributed by atoms with Crippen molar-refractivity contribution in [3.8, 4) is 17.2 Å². The summed E-state index contributed by atoms with van der Waals surface area (Å²) >= 11 is 6.12. The molecular weight excluding hydrogens is 340 g/mol. The van der Waals surface area contributed by atoms with Gasteiger partial charge in [-0.05, 0) is 48.5 Å². The molecule has 2 aromatic carbocycles. The first-order valence-electron chi connectivity index (χ1n) is 7.55. The fraction of sp³-hybridized carbons (Fsp3) is 0.0556. The van der Waals surface area contributed by atoms with Gasteiger partial charge in [0.25, 0.3) is 0 Å². The number of halogens is 1. The minimum Gasteiger partial charge on any atom is -0.366 e. The molecule has 0 fully saturated rings. The Bertz CT molecular complexity index is 1100. The Hall–Kier alpha value is -3.12. The van der Waals surface area contributed by atoms with Crippen LogP contribution in [-0.4, -0.2) is 20.6 Å². The Balaban J connectivity index is 1.98. The molecule has 0 radical (unpaired) electrons. The summed E-state index contributed by atoms with van der Waals surface area (Å²) in [5.41, 5.74) is 8.32. The molecule has 1 amide bonds. The van der Waals surface area contributed by atoms with Gasteiger partial charge >= 0.3 is 0 Å². The van der Waals surface area contributed by atoms with Crippen molar-refractivity contribution in [3.05, 3.63) is 65.0 Å². The first kappa shape index (κ1) is 15.4. The molecule has 0 unspecified atom stereocenters. The van der Waals surface area contributed by atoms with Gasteiger partial charge in [0, 0.05) is 28.6 Å². The van der Waals surface area contributed by atoms with Crippen molar-refractivity contribution in [1.82, 2.24) is 14.7 Å². The zero-order valence-electron chi connectivity index (χ0n) is 13.2. The number of aromatic nitrogens is 3. The molecule has 0 atom stereocenters. The highest BCUT2D eigenvalue weighted by Gasteiger charge is 2.17. The van der Waals surface area contributed by atoms with Crippen molar-refractivity contribution in [3.63, 3.8) is 0 Å². The van der Waals surface area contributed by atoms with Crippen LogP contribution in [-0.2, 0) is 0 Å². The molecule has 0 saturated carbocycles. The molecule has 4 rings (SSSR count). The summed E-state index contributed by atoms with van der Waals surface area (Å²) in [5.74, 6) is 0.488. The van der Waals surface area contributed by atoms with Crippen molar-refractivity contribution in [2.24, 2.45) is 5.73 Å². The van der Waals surface area contributed by atoms with Crippen LogP contribution >= 0.6 is 11.6 Å². The Morgan fingerprint density at radius 3 is 2.56 bits per heavy atom. The van der Waals surface area contributed by atoms with Crippen LogP contribution in [0.2, 0.25) is 5.02 Å². The van der Waals surface area contributed by atoms with Gasteiger partial charge in [-0.25, -0.2) is 0 Å². The van der Waals surface area contributed by atoms with E-state index >= 15 is 0 Å². The highest BCUT2D eigenvalue weighted by Crippen LogP contribution is 2.31. The van der Waals surface area contributed by atoms with Crippen LogP contribution in [0, 0.1) is 6.92 Å². The van der Waals surface area contributed by atoms with Gasteiger partial charge in [-0.3, -0.25) is 4.79 Å². The molecule has 6 nitrogen and oxygen atoms in total. The first-order chi connectivity index (χ1) is 12.0. The molecular formula is C18H13ClN4O2. The van der Waals surface area contributed by atoms with Gasteiger partial charge < -0.3 is 14.8 Å². The molecule has 0 bridgehead atoms. The average molecular weight is 353 g/mol. The molecule has 7 heteroatoms. The van der Waals surface area contributed by atoms with Gasteiger partial charge in [0.2, 0.25) is 17.6 Å². The van der Waals surface area contributed by atoms with Crippen LogP contribution in [0.5, 0.6) is 0 Å². The van der Waals surface area contributed by atoms with Gasteiger partial charge in [0.1, 0.15) is 0 Å². The summed E-state index contributed by atoms with van der Waals surface area (Å²) in [7, 11) is 0. The Morgan fingerprint density at radius 2 is 1.92 bits per heavy atom. The van der Waals surface area contributed by atoms with Gasteiger partial charge in [-0.15, -0.1) is 0 Å². The van der Waals surface area contributed by atoms with Gasteiger partial charge in [-0.2, -0.15) is 4.98 Å². The Morgan fingerprint density at radius 1 is 1.16 bits per heavy atom. The summed E-state index contributed by atoms with van der Waals surface area (Å²) in [6.07, 6.45) is 0. The number of nitrogens with two attached hydrogens (primary N) is 1. The molecule has 2 aromatic heterocycles. The lowest BCUT2D eigenvalue weighted by molar-refractivity contribution is 0.100. The zero-order valence-corrected chi connectivity index (χ0v) is 14.0. The van der Waals surface area contributed by atoms with E-state index < -0.39 is 5.91 Å². The van der Waals surface area contributed by atoms with Crippen molar-refractivity contribution >= 4 is 28.4 Å². The number of nitrogens with zero attached hydrogens (tertiary/aromatic N) is 3. The maximum atomic E-state index is 11.3. The summed E-state index contributed by atoms with van der Waals surface area (Å²) in [6.45, 7) is 1.74. The minimum absolute atomic E-state index is 0.445. The number of amides is 1. The molecule has 0 aliphatic heterocycles. The quantitative estimate of drug-likeness (QED) is 0.608. The molecule has 0 spiro atoms. The van der Waals surface area contributed by atoms with Crippen LogP contribution in [0.4, 0.5) is 0 Å². The van der Waals surface area contributed by atoms with E-state index in [4.69, 9.17) is 21.9 Å².